The molecule has 0 bridgehead atoms. The molecule has 0 spiro atoms. The minimum atomic E-state index is -4.04. The number of hydrogen-bond donors (Lipinski definition) is 1. The van der Waals surface area contributed by atoms with E-state index in [0.717, 1.165) is 18.5 Å². The Morgan fingerprint density at radius 2 is 1.69 bits per heavy atom. The van der Waals surface area contributed by atoms with Crippen LogP contribution in [0, 0.1) is 5.41 Å². The Bertz CT molecular complexity index is 1220. The minimum absolute atomic E-state index is 0.0471. The zero-order chi connectivity index (χ0) is 23.7. The van der Waals surface area contributed by atoms with Gasteiger partial charge in [0.2, 0.25) is 9.84 Å². The first-order valence-electron chi connectivity index (χ1n) is 10.5. The average Bonchev–Trinajstić information content (AvgIpc) is 3.27. The van der Waals surface area contributed by atoms with E-state index in [1.165, 1.54) is 43.3 Å². The van der Waals surface area contributed by atoms with Crippen molar-refractivity contribution in [2.75, 3.05) is 18.8 Å². The second-order valence-corrected chi connectivity index (χ2v) is 13.1. The molecule has 0 amide bonds. The van der Waals surface area contributed by atoms with Crippen LogP contribution < -0.4 is 10.1 Å². The predicted molar refractivity (Wildman–Crippen MR) is 121 cm³/mol. The van der Waals surface area contributed by atoms with Gasteiger partial charge in [-0.1, -0.05) is 19.1 Å². The standard InChI is InChI=1S/C23H29NO6S2/c1-5-31(26,27)17-7-6-8-18(13-17)32(28,29)19-9-10-20(16-11-12-24-15-16)21(14-19)30-22(25)23(2,3)4/h6-10,13-14,16,24H,5,11-12,15H2,1-4H3. The number of carbonyl (C=O) groups is 1. The maximum Gasteiger partial charge on any atom is 0.316 e. The fourth-order valence-corrected chi connectivity index (χ4v) is 5.74. The van der Waals surface area contributed by atoms with Gasteiger partial charge in [0.25, 0.3) is 0 Å². The number of esters is 1. The zero-order valence-electron chi connectivity index (χ0n) is 18.7. The molecular weight excluding hydrogens is 450 g/mol. The summed E-state index contributed by atoms with van der Waals surface area (Å²) < 4.78 is 56.7. The third-order valence-electron chi connectivity index (χ3n) is 5.47. The highest BCUT2D eigenvalue weighted by molar-refractivity contribution is 7.92. The number of hydrogen-bond acceptors (Lipinski definition) is 7. The minimum Gasteiger partial charge on any atom is -0.426 e. The molecule has 1 aliphatic heterocycles. The van der Waals surface area contributed by atoms with Gasteiger partial charge in [-0.05, 0) is 63.6 Å². The van der Waals surface area contributed by atoms with Gasteiger partial charge in [-0.15, -0.1) is 0 Å². The number of sulfone groups is 2. The number of benzene rings is 2. The monoisotopic (exact) mass is 479 g/mol. The van der Waals surface area contributed by atoms with E-state index < -0.39 is 31.1 Å². The van der Waals surface area contributed by atoms with E-state index in [0.29, 0.717) is 6.54 Å². The highest BCUT2D eigenvalue weighted by atomic mass is 32.2. The lowest BCUT2D eigenvalue weighted by Gasteiger charge is -2.21. The van der Waals surface area contributed by atoms with E-state index >= 15 is 0 Å². The smallest absolute Gasteiger partial charge is 0.316 e. The summed E-state index contributed by atoms with van der Waals surface area (Å²) in [6.07, 6.45) is 0.850. The Hall–Kier alpha value is -2.23. The van der Waals surface area contributed by atoms with E-state index in [9.17, 15) is 21.6 Å². The molecule has 0 saturated carbocycles. The molecule has 1 unspecified atom stereocenters. The van der Waals surface area contributed by atoms with Gasteiger partial charge < -0.3 is 10.1 Å². The fourth-order valence-electron chi connectivity index (χ4n) is 3.42. The second kappa shape index (κ2) is 8.96. The molecular formula is C23H29NO6S2. The number of ether oxygens (including phenoxy) is 1. The van der Waals surface area contributed by atoms with Crippen LogP contribution in [0.3, 0.4) is 0 Å². The summed E-state index contributed by atoms with van der Waals surface area (Å²) in [7, 11) is -7.60. The lowest BCUT2D eigenvalue weighted by atomic mass is 9.96. The van der Waals surface area contributed by atoms with Crippen molar-refractivity contribution in [3.05, 3.63) is 48.0 Å². The topological polar surface area (TPSA) is 107 Å². The Morgan fingerprint density at radius 3 is 2.28 bits per heavy atom. The molecule has 9 heteroatoms. The first-order chi connectivity index (χ1) is 14.9. The van der Waals surface area contributed by atoms with Crippen molar-refractivity contribution in [2.45, 2.75) is 54.7 Å². The van der Waals surface area contributed by atoms with Crippen LogP contribution >= 0.6 is 0 Å². The molecule has 1 fully saturated rings. The number of nitrogens with one attached hydrogen (secondary N) is 1. The molecule has 2 aromatic carbocycles. The molecule has 0 radical (unpaired) electrons. The molecule has 32 heavy (non-hydrogen) atoms. The zero-order valence-corrected chi connectivity index (χ0v) is 20.3. The van der Waals surface area contributed by atoms with Crippen LogP contribution in [0.25, 0.3) is 0 Å². The van der Waals surface area contributed by atoms with Gasteiger partial charge >= 0.3 is 5.97 Å². The predicted octanol–water partition coefficient (Wildman–Crippen LogP) is 3.34. The van der Waals surface area contributed by atoms with E-state index in [1.807, 2.05) is 0 Å². The molecule has 0 aliphatic carbocycles. The summed E-state index contributed by atoms with van der Waals surface area (Å²) >= 11 is 0. The van der Waals surface area contributed by atoms with Gasteiger partial charge in [0.05, 0.1) is 25.9 Å². The highest BCUT2D eigenvalue weighted by Crippen LogP contribution is 2.35. The van der Waals surface area contributed by atoms with Gasteiger partial charge in [-0.25, -0.2) is 16.8 Å². The van der Waals surface area contributed by atoms with Crippen LogP contribution in [0.5, 0.6) is 5.75 Å². The van der Waals surface area contributed by atoms with E-state index in [1.54, 1.807) is 26.8 Å². The molecule has 1 N–H and O–H groups in total. The molecule has 2 aromatic rings. The molecule has 3 rings (SSSR count). The molecule has 7 nitrogen and oxygen atoms in total. The van der Waals surface area contributed by atoms with Gasteiger partial charge in [-0.3, -0.25) is 4.79 Å². The number of carbonyl (C=O) groups excluding carboxylic acids is 1. The largest absolute Gasteiger partial charge is 0.426 e. The third-order valence-corrected chi connectivity index (χ3v) is 8.95. The summed E-state index contributed by atoms with van der Waals surface area (Å²) in [6, 6.07) is 9.86. The maximum absolute atomic E-state index is 13.3. The van der Waals surface area contributed by atoms with Gasteiger partial charge in [0.1, 0.15) is 5.75 Å². The van der Waals surface area contributed by atoms with E-state index in [-0.39, 0.29) is 32.1 Å². The Kier molecular flexibility index (Phi) is 6.83. The summed E-state index contributed by atoms with van der Waals surface area (Å²) in [5.74, 6) is -0.270. The van der Waals surface area contributed by atoms with Crippen molar-refractivity contribution in [3.8, 4) is 5.75 Å². The summed E-state index contributed by atoms with van der Waals surface area (Å²) in [5, 5.41) is 3.26. The Morgan fingerprint density at radius 1 is 1.03 bits per heavy atom. The van der Waals surface area contributed by atoms with E-state index in [4.69, 9.17) is 4.74 Å². The first kappa shape index (κ1) is 24.4. The SMILES string of the molecule is CCS(=O)(=O)c1cccc(S(=O)(=O)c2ccc(C3CCNC3)c(OC(=O)C(C)(C)C)c2)c1. The lowest BCUT2D eigenvalue weighted by Crippen LogP contribution is -2.26. The summed E-state index contributed by atoms with van der Waals surface area (Å²) in [4.78, 5) is 12.3. The first-order valence-corrected chi connectivity index (χ1v) is 13.6. The Labute approximate surface area is 190 Å². The fraction of sp³-hybridized carbons (Fsp3) is 0.435. The van der Waals surface area contributed by atoms with Crippen LogP contribution in [0.4, 0.5) is 0 Å². The normalized spacial score (nSPS) is 17.3. The maximum atomic E-state index is 13.3. The van der Waals surface area contributed by atoms with Crippen molar-refractivity contribution in [3.63, 3.8) is 0 Å². The molecule has 1 aliphatic rings. The lowest BCUT2D eigenvalue weighted by molar-refractivity contribution is -0.143. The summed E-state index contributed by atoms with van der Waals surface area (Å²) in [6.45, 7) is 8.23. The van der Waals surface area contributed by atoms with Crippen LogP contribution in [-0.2, 0) is 24.5 Å². The van der Waals surface area contributed by atoms with Crippen molar-refractivity contribution < 1.29 is 26.4 Å². The summed E-state index contributed by atoms with van der Waals surface area (Å²) in [5.41, 5.74) is 0.0111. The molecule has 0 aromatic heterocycles. The quantitative estimate of drug-likeness (QED) is 0.500. The van der Waals surface area contributed by atoms with Gasteiger partial charge in [0, 0.05) is 18.5 Å². The highest BCUT2D eigenvalue weighted by Gasteiger charge is 2.29. The number of rotatable bonds is 6. The van der Waals surface area contributed by atoms with Crippen molar-refractivity contribution in [1.82, 2.24) is 5.32 Å². The van der Waals surface area contributed by atoms with E-state index in [2.05, 4.69) is 5.32 Å². The van der Waals surface area contributed by atoms with Gasteiger partial charge in [-0.2, -0.15) is 0 Å². The third kappa shape index (κ3) is 5.05. The van der Waals surface area contributed by atoms with Gasteiger partial charge in [0.15, 0.2) is 9.84 Å². The van der Waals surface area contributed by atoms with Crippen molar-refractivity contribution in [1.29, 1.82) is 0 Å². The van der Waals surface area contributed by atoms with Crippen LogP contribution in [0.2, 0.25) is 0 Å². The molecule has 1 saturated heterocycles. The Balaban J connectivity index is 2.08. The average molecular weight is 480 g/mol. The van der Waals surface area contributed by atoms with Crippen LogP contribution in [-0.4, -0.2) is 41.6 Å². The van der Waals surface area contributed by atoms with Crippen molar-refractivity contribution in [2.24, 2.45) is 5.41 Å². The molecule has 1 heterocycles. The molecule has 1 atom stereocenters. The van der Waals surface area contributed by atoms with Crippen molar-refractivity contribution >= 4 is 25.6 Å². The van der Waals surface area contributed by atoms with Crippen LogP contribution in [0.1, 0.15) is 45.6 Å². The van der Waals surface area contributed by atoms with Crippen LogP contribution in [0.15, 0.2) is 57.2 Å². The molecule has 174 valence electrons. The second-order valence-electron chi connectivity index (χ2n) is 8.91.